The summed E-state index contributed by atoms with van der Waals surface area (Å²) in [5.41, 5.74) is 2.30. The van der Waals surface area contributed by atoms with Crippen LogP contribution in [0.15, 0.2) is 24.3 Å². The molecule has 3 heteroatoms. The van der Waals surface area contributed by atoms with Gasteiger partial charge in [-0.25, -0.2) is 4.39 Å². The van der Waals surface area contributed by atoms with Gasteiger partial charge in [0.15, 0.2) is 0 Å². The molecule has 18 heavy (non-hydrogen) atoms. The Labute approximate surface area is 108 Å². The molecule has 1 aromatic carbocycles. The normalized spacial score (nSPS) is 11.6. The molecule has 98 valence electrons. The van der Waals surface area contributed by atoms with Crippen molar-refractivity contribution in [3.63, 3.8) is 0 Å². The van der Waals surface area contributed by atoms with E-state index >= 15 is 0 Å². The molecule has 0 fully saturated rings. The molecule has 0 saturated heterocycles. The molecule has 0 atom stereocenters. The zero-order valence-corrected chi connectivity index (χ0v) is 11.3. The highest BCUT2D eigenvalue weighted by Crippen LogP contribution is 2.25. The first-order valence-corrected chi connectivity index (χ1v) is 6.57. The summed E-state index contributed by atoms with van der Waals surface area (Å²) in [7, 11) is 1.97. The molecular formula is C15H21FN2. The number of hydrogen-bond acceptors (Lipinski definition) is 1. The summed E-state index contributed by atoms with van der Waals surface area (Å²) >= 11 is 0. The molecule has 0 aliphatic rings. The zero-order valence-electron chi connectivity index (χ0n) is 11.3. The zero-order chi connectivity index (χ0) is 13.1. The lowest BCUT2D eigenvalue weighted by molar-refractivity contribution is 0.579. The molecule has 2 nitrogen and oxygen atoms in total. The van der Waals surface area contributed by atoms with Crippen LogP contribution in [0.4, 0.5) is 4.39 Å². The van der Waals surface area contributed by atoms with Crippen LogP contribution in [-0.2, 0) is 6.42 Å². The van der Waals surface area contributed by atoms with Crippen LogP contribution in [-0.4, -0.2) is 18.2 Å². The van der Waals surface area contributed by atoms with Crippen molar-refractivity contribution in [2.45, 2.75) is 32.7 Å². The maximum atomic E-state index is 13.4. The van der Waals surface area contributed by atoms with E-state index in [2.05, 4.69) is 29.8 Å². The van der Waals surface area contributed by atoms with Gasteiger partial charge in [0.05, 0.1) is 5.52 Å². The van der Waals surface area contributed by atoms with Crippen molar-refractivity contribution in [1.82, 2.24) is 9.88 Å². The molecule has 0 unspecified atom stereocenters. The van der Waals surface area contributed by atoms with Crippen LogP contribution in [0.3, 0.4) is 0 Å². The van der Waals surface area contributed by atoms with Crippen LogP contribution >= 0.6 is 0 Å². The Kier molecular flexibility index (Phi) is 4.02. The first kappa shape index (κ1) is 13.1. The molecule has 0 aliphatic heterocycles. The molecule has 1 N–H and O–H groups in total. The summed E-state index contributed by atoms with van der Waals surface area (Å²) in [6.45, 7) is 5.30. The van der Waals surface area contributed by atoms with Gasteiger partial charge in [0.2, 0.25) is 0 Å². The average molecular weight is 248 g/mol. The summed E-state index contributed by atoms with van der Waals surface area (Å²) in [5, 5.41) is 4.29. The Morgan fingerprint density at radius 1 is 1.28 bits per heavy atom. The SMILES string of the molecule is CNCCCc1cc2ccc(F)cc2n1C(C)C. The fourth-order valence-corrected chi connectivity index (χ4v) is 2.50. The van der Waals surface area contributed by atoms with Crippen LogP contribution in [0.1, 0.15) is 32.0 Å². The highest BCUT2D eigenvalue weighted by Gasteiger charge is 2.11. The fraction of sp³-hybridized carbons (Fsp3) is 0.467. The third-order valence-electron chi connectivity index (χ3n) is 3.26. The molecular weight excluding hydrogens is 227 g/mol. The van der Waals surface area contributed by atoms with Crippen molar-refractivity contribution in [2.24, 2.45) is 0 Å². The van der Waals surface area contributed by atoms with Gasteiger partial charge in [0, 0.05) is 17.1 Å². The monoisotopic (exact) mass is 248 g/mol. The third kappa shape index (κ3) is 2.56. The highest BCUT2D eigenvalue weighted by atomic mass is 19.1. The number of fused-ring (bicyclic) bond motifs is 1. The molecule has 0 amide bonds. The van der Waals surface area contributed by atoms with Crippen molar-refractivity contribution in [3.05, 3.63) is 35.8 Å². The van der Waals surface area contributed by atoms with Gasteiger partial charge in [-0.15, -0.1) is 0 Å². The van der Waals surface area contributed by atoms with E-state index in [4.69, 9.17) is 0 Å². The number of nitrogens with one attached hydrogen (secondary N) is 1. The molecule has 0 saturated carbocycles. The second-order valence-electron chi connectivity index (χ2n) is 5.01. The number of nitrogens with zero attached hydrogens (tertiary/aromatic N) is 1. The van der Waals surface area contributed by atoms with Gasteiger partial charge >= 0.3 is 0 Å². The van der Waals surface area contributed by atoms with Crippen molar-refractivity contribution >= 4 is 10.9 Å². The molecule has 0 aliphatic carbocycles. The van der Waals surface area contributed by atoms with E-state index in [1.54, 1.807) is 6.07 Å². The minimum atomic E-state index is -0.163. The van der Waals surface area contributed by atoms with Gasteiger partial charge in [-0.1, -0.05) is 0 Å². The largest absolute Gasteiger partial charge is 0.342 e. The lowest BCUT2D eigenvalue weighted by Gasteiger charge is -2.14. The van der Waals surface area contributed by atoms with Crippen molar-refractivity contribution in [3.8, 4) is 0 Å². The van der Waals surface area contributed by atoms with E-state index in [1.165, 1.54) is 11.8 Å². The number of halogens is 1. The van der Waals surface area contributed by atoms with Crippen LogP contribution < -0.4 is 5.32 Å². The van der Waals surface area contributed by atoms with Crippen LogP contribution in [0.2, 0.25) is 0 Å². The van der Waals surface area contributed by atoms with Gasteiger partial charge in [-0.3, -0.25) is 0 Å². The van der Waals surface area contributed by atoms with Gasteiger partial charge in [-0.05, 0) is 64.5 Å². The van der Waals surface area contributed by atoms with E-state index in [-0.39, 0.29) is 5.82 Å². The standard InChI is InChI=1S/C15H21FN2/c1-11(2)18-14(5-4-8-17-3)9-12-6-7-13(16)10-15(12)18/h6-7,9-11,17H,4-5,8H2,1-3H3. The minimum Gasteiger partial charge on any atom is -0.342 e. The second-order valence-corrected chi connectivity index (χ2v) is 5.01. The number of hydrogen-bond donors (Lipinski definition) is 1. The Balaban J connectivity index is 2.41. The lowest BCUT2D eigenvalue weighted by Crippen LogP contribution is -2.11. The summed E-state index contributed by atoms with van der Waals surface area (Å²) in [4.78, 5) is 0. The smallest absolute Gasteiger partial charge is 0.125 e. The minimum absolute atomic E-state index is 0.163. The van der Waals surface area contributed by atoms with E-state index in [9.17, 15) is 4.39 Å². The average Bonchev–Trinajstić information content (AvgIpc) is 2.67. The van der Waals surface area contributed by atoms with Gasteiger partial charge in [-0.2, -0.15) is 0 Å². The number of rotatable bonds is 5. The predicted octanol–water partition coefficient (Wildman–Crippen LogP) is 3.51. The van der Waals surface area contributed by atoms with E-state index in [0.29, 0.717) is 6.04 Å². The van der Waals surface area contributed by atoms with Crippen LogP contribution in [0, 0.1) is 5.82 Å². The van der Waals surface area contributed by atoms with E-state index in [1.807, 2.05) is 13.1 Å². The van der Waals surface area contributed by atoms with Gasteiger partial charge < -0.3 is 9.88 Å². The summed E-state index contributed by atoms with van der Waals surface area (Å²) in [5.74, 6) is -0.163. The quantitative estimate of drug-likeness (QED) is 0.801. The van der Waals surface area contributed by atoms with Gasteiger partial charge in [0.1, 0.15) is 5.82 Å². The van der Waals surface area contributed by atoms with Crippen LogP contribution in [0.5, 0.6) is 0 Å². The fourth-order valence-electron chi connectivity index (χ4n) is 2.50. The number of aromatic nitrogens is 1. The topological polar surface area (TPSA) is 17.0 Å². The van der Waals surface area contributed by atoms with E-state index in [0.717, 1.165) is 30.3 Å². The molecule has 0 bridgehead atoms. The summed E-state index contributed by atoms with van der Waals surface area (Å²) in [6, 6.07) is 7.57. The molecule has 0 spiro atoms. The Morgan fingerprint density at radius 3 is 2.72 bits per heavy atom. The second kappa shape index (κ2) is 5.53. The maximum Gasteiger partial charge on any atom is 0.125 e. The summed E-state index contributed by atoms with van der Waals surface area (Å²) in [6.07, 6.45) is 2.12. The maximum absolute atomic E-state index is 13.4. The first-order valence-electron chi connectivity index (χ1n) is 6.57. The number of aryl methyl sites for hydroxylation is 1. The Bertz CT molecular complexity index is 529. The van der Waals surface area contributed by atoms with Crippen LogP contribution in [0.25, 0.3) is 10.9 Å². The van der Waals surface area contributed by atoms with E-state index < -0.39 is 0 Å². The highest BCUT2D eigenvalue weighted by molar-refractivity contribution is 5.81. The number of benzene rings is 1. The summed E-state index contributed by atoms with van der Waals surface area (Å²) < 4.78 is 15.6. The Morgan fingerprint density at radius 2 is 2.06 bits per heavy atom. The molecule has 1 aromatic heterocycles. The van der Waals surface area contributed by atoms with Crippen molar-refractivity contribution in [2.75, 3.05) is 13.6 Å². The predicted molar refractivity (Wildman–Crippen MR) is 74.5 cm³/mol. The lowest BCUT2D eigenvalue weighted by atomic mass is 10.2. The van der Waals surface area contributed by atoms with Gasteiger partial charge in [0.25, 0.3) is 0 Å². The molecule has 0 radical (unpaired) electrons. The molecule has 1 heterocycles. The Hall–Kier alpha value is -1.35. The first-order chi connectivity index (χ1) is 8.63. The third-order valence-corrected chi connectivity index (χ3v) is 3.26. The van der Waals surface area contributed by atoms with Crippen molar-refractivity contribution < 1.29 is 4.39 Å². The molecule has 2 aromatic rings. The molecule has 2 rings (SSSR count). The van der Waals surface area contributed by atoms with Crippen molar-refractivity contribution in [1.29, 1.82) is 0 Å².